The molecule has 10 aromatic carbocycles. The molecule has 272 valence electrons. The Morgan fingerprint density at radius 3 is 1.31 bits per heavy atom. The third kappa shape index (κ3) is 5.74. The highest BCUT2D eigenvalue weighted by Gasteiger charge is 2.17. The molecule has 0 N–H and O–H groups in total. The number of para-hydroxylation sites is 4. The molecule has 1 heterocycles. The molecule has 0 amide bonds. The smallest absolute Gasteiger partial charge is 0.0541 e. The van der Waals surface area contributed by atoms with E-state index in [2.05, 4.69) is 240 Å². The monoisotopic (exact) mass is 738 g/mol. The van der Waals surface area contributed by atoms with Crippen molar-refractivity contribution in [1.82, 2.24) is 4.57 Å². The summed E-state index contributed by atoms with van der Waals surface area (Å²) in [6, 6.07) is 83.6. The Morgan fingerprint density at radius 2 is 0.707 bits per heavy atom. The Bertz CT molecular complexity index is 3140. The summed E-state index contributed by atoms with van der Waals surface area (Å²) in [4.78, 5) is 2.32. The summed E-state index contributed by atoms with van der Waals surface area (Å²) < 4.78 is 2.38. The largest absolute Gasteiger partial charge is 0.311 e. The van der Waals surface area contributed by atoms with Crippen LogP contribution in [0.25, 0.3) is 82.4 Å². The molecule has 2 nitrogen and oxygen atoms in total. The lowest BCUT2D eigenvalue weighted by Gasteiger charge is -2.25. The van der Waals surface area contributed by atoms with Gasteiger partial charge in [-0.25, -0.2) is 0 Å². The minimum atomic E-state index is 1.11. The van der Waals surface area contributed by atoms with Crippen molar-refractivity contribution in [3.05, 3.63) is 231 Å². The van der Waals surface area contributed by atoms with E-state index < -0.39 is 0 Å². The molecule has 0 radical (unpaired) electrons. The first-order valence-corrected chi connectivity index (χ1v) is 19.9. The van der Waals surface area contributed by atoms with Gasteiger partial charge in [-0.05, 0) is 134 Å². The molecule has 0 aliphatic carbocycles. The van der Waals surface area contributed by atoms with Crippen molar-refractivity contribution in [3.63, 3.8) is 0 Å². The molecule has 0 bridgehead atoms. The molecule has 0 fully saturated rings. The summed E-state index contributed by atoms with van der Waals surface area (Å²) in [5.41, 5.74) is 14.1. The van der Waals surface area contributed by atoms with E-state index in [9.17, 15) is 0 Å². The maximum absolute atomic E-state index is 2.41. The van der Waals surface area contributed by atoms with Gasteiger partial charge in [0.1, 0.15) is 0 Å². The maximum atomic E-state index is 2.41. The average molecular weight is 739 g/mol. The summed E-state index contributed by atoms with van der Waals surface area (Å²) in [6.07, 6.45) is 0. The van der Waals surface area contributed by atoms with E-state index >= 15 is 0 Å². The van der Waals surface area contributed by atoms with Crippen LogP contribution in [0, 0.1) is 0 Å². The van der Waals surface area contributed by atoms with E-state index in [1.54, 1.807) is 0 Å². The van der Waals surface area contributed by atoms with Crippen LogP contribution in [0.4, 0.5) is 17.1 Å². The predicted octanol–water partition coefficient (Wildman–Crippen LogP) is 15.6. The van der Waals surface area contributed by atoms with Crippen LogP contribution >= 0.6 is 0 Å². The number of hydrogen-bond donors (Lipinski definition) is 0. The van der Waals surface area contributed by atoms with E-state index in [0.29, 0.717) is 0 Å². The highest BCUT2D eigenvalue weighted by molar-refractivity contribution is 6.18. The van der Waals surface area contributed by atoms with Gasteiger partial charge < -0.3 is 9.47 Å². The standard InChI is InChI=1S/C56H38N2/c1-4-16-40(17-5-1)52-38-54-51(41-30-34-45(35-31-41)57(43-18-6-2-7-19-43)44-20-8-3-9-21-44)36-42(37-53(54)48-23-11-10-22-47(48)52)39-28-32-46(33-29-39)58-55-26-14-12-24-49(55)50-25-13-15-27-56(50)58/h1-38H. The van der Waals surface area contributed by atoms with Gasteiger partial charge in [-0.3, -0.25) is 0 Å². The van der Waals surface area contributed by atoms with Gasteiger partial charge in [-0.2, -0.15) is 0 Å². The molecule has 0 atom stereocenters. The third-order valence-corrected chi connectivity index (χ3v) is 11.6. The van der Waals surface area contributed by atoms with Crippen molar-refractivity contribution in [2.75, 3.05) is 4.90 Å². The van der Waals surface area contributed by atoms with Crippen LogP contribution in [0.2, 0.25) is 0 Å². The van der Waals surface area contributed by atoms with E-state index in [0.717, 1.165) is 22.7 Å². The van der Waals surface area contributed by atoms with Gasteiger partial charge in [0, 0.05) is 33.5 Å². The number of hydrogen-bond acceptors (Lipinski definition) is 1. The van der Waals surface area contributed by atoms with Crippen molar-refractivity contribution >= 4 is 60.4 Å². The molecule has 11 aromatic rings. The van der Waals surface area contributed by atoms with Crippen LogP contribution < -0.4 is 4.90 Å². The lowest BCUT2D eigenvalue weighted by Crippen LogP contribution is -2.09. The SMILES string of the molecule is c1ccc(-c2cc3c(-c4ccc(N(c5ccccc5)c5ccccc5)cc4)cc(-c4ccc(-n5c6ccccc6c6ccccc65)cc4)cc3c3ccccc23)cc1. The lowest BCUT2D eigenvalue weighted by atomic mass is 9.87. The fraction of sp³-hybridized carbons (Fsp3) is 0. The first-order chi connectivity index (χ1) is 28.8. The Morgan fingerprint density at radius 1 is 0.259 bits per heavy atom. The molecule has 2 heteroatoms. The quantitative estimate of drug-likeness (QED) is 0.148. The third-order valence-electron chi connectivity index (χ3n) is 11.6. The van der Waals surface area contributed by atoms with E-state index in [4.69, 9.17) is 0 Å². The molecular weight excluding hydrogens is 701 g/mol. The minimum Gasteiger partial charge on any atom is -0.311 e. The van der Waals surface area contributed by atoms with E-state index in [1.165, 1.54) is 76.7 Å². The zero-order valence-electron chi connectivity index (χ0n) is 31.8. The first kappa shape index (κ1) is 33.6. The number of anilines is 3. The Kier molecular flexibility index (Phi) is 8.19. The molecule has 11 rings (SSSR count). The molecule has 0 unspecified atom stereocenters. The number of benzene rings is 10. The van der Waals surface area contributed by atoms with Gasteiger partial charge in [0.05, 0.1) is 11.0 Å². The summed E-state index contributed by atoms with van der Waals surface area (Å²) in [5.74, 6) is 0. The summed E-state index contributed by atoms with van der Waals surface area (Å²) in [7, 11) is 0. The van der Waals surface area contributed by atoms with Crippen LogP contribution in [0.3, 0.4) is 0 Å². The summed E-state index contributed by atoms with van der Waals surface area (Å²) in [6.45, 7) is 0. The number of aromatic nitrogens is 1. The molecule has 0 saturated heterocycles. The molecule has 58 heavy (non-hydrogen) atoms. The lowest BCUT2D eigenvalue weighted by molar-refractivity contribution is 1.18. The molecule has 0 aliphatic rings. The Balaban J connectivity index is 1.10. The first-order valence-electron chi connectivity index (χ1n) is 19.9. The molecular formula is C56H38N2. The second kappa shape index (κ2) is 14.1. The van der Waals surface area contributed by atoms with Crippen LogP contribution in [0.5, 0.6) is 0 Å². The fourth-order valence-corrected chi connectivity index (χ4v) is 8.86. The normalized spacial score (nSPS) is 11.4. The predicted molar refractivity (Wildman–Crippen MR) is 247 cm³/mol. The van der Waals surface area contributed by atoms with Crippen molar-refractivity contribution in [2.24, 2.45) is 0 Å². The molecule has 0 saturated carbocycles. The second-order valence-corrected chi connectivity index (χ2v) is 14.9. The zero-order chi connectivity index (χ0) is 38.4. The van der Waals surface area contributed by atoms with Crippen molar-refractivity contribution < 1.29 is 0 Å². The fourth-order valence-electron chi connectivity index (χ4n) is 8.86. The van der Waals surface area contributed by atoms with E-state index in [1.807, 2.05) is 0 Å². The summed E-state index contributed by atoms with van der Waals surface area (Å²) >= 11 is 0. The number of rotatable bonds is 7. The summed E-state index contributed by atoms with van der Waals surface area (Å²) in [5, 5.41) is 7.52. The molecule has 1 aromatic heterocycles. The average Bonchev–Trinajstić information content (AvgIpc) is 3.64. The highest BCUT2D eigenvalue weighted by Crippen LogP contribution is 2.43. The van der Waals surface area contributed by atoms with Crippen LogP contribution in [0.1, 0.15) is 0 Å². The molecule has 0 aliphatic heterocycles. The van der Waals surface area contributed by atoms with E-state index in [-0.39, 0.29) is 0 Å². The van der Waals surface area contributed by atoms with Crippen molar-refractivity contribution in [3.8, 4) is 39.1 Å². The minimum absolute atomic E-state index is 1.11. The van der Waals surface area contributed by atoms with Crippen LogP contribution in [-0.4, -0.2) is 4.57 Å². The van der Waals surface area contributed by atoms with Gasteiger partial charge >= 0.3 is 0 Å². The number of nitrogens with zero attached hydrogens (tertiary/aromatic N) is 2. The number of fused-ring (bicyclic) bond motifs is 6. The highest BCUT2D eigenvalue weighted by atomic mass is 15.1. The van der Waals surface area contributed by atoms with Crippen molar-refractivity contribution in [2.45, 2.75) is 0 Å². The topological polar surface area (TPSA) is 8.17 Å². The van der Waals surface area contributed by atoms with Crippen LogP contribution in [0.15, 0.2) is 231 Å². The second-order valence-electron chi connectivity index (χ2n) is 14.9. The van der Waals surface area contributed by atoms with Gasteiger partial charge in [0.2, 0.25) is 0 Å². The van der Waals surface area contributed by atoms with Crippen LogP contribution in [-0.2, 0) is 0 Å². The van der Waals surface area contributed by atoms with Gasteiger partial charge in [0.15, 0.2) is 0 Å². The van der Waals surface area contributed by atoms with Gasteiger partial charge in [0.25, 0.3) is 0 Å². The zero-order valence-corrected chi connectivity index (χ0v) is 31.8. The Labute approximate surface area is 338 Å². The Hall–Kier alpha value is -7.68. The van der Waals surface area contributed by atoms with Gasteiger partial charge in [-0.15, -0.1) is 0 Å². The molecule has 0 spiro atoms. The van der Waals surface area contributed by atoms with Gasteiger partial charge in [-0.1, -0.05) is 152 Å². The maximum Gasteiger partial charge on any atom is 0.0541 e. The van der Waals surface area contributed by atoms with Crippen molar-refractivity contribution in [1.29, 1.82) is 0 Å².